The lowest BCUT2D eigenvalue weighted by molar-refractivity contribution is -0.194. The van der Waals surface area contributed by atoms with Gasteiger partial charge in [-0.3, -0.25) is 5.41 Å². The number of rotatable bonds is 2. The fourth-order valence-electron chi connectivity index (χ4n) is 2.78. The van der Waals surface area contributed by atoms with Gasteiger partial charge in [0.1, 0.15) is 18.2 Å². The number of hydrogen-bond acceptors (Lipinski definition) is 5. The maximum Gasteiger partial charge on any atom is 0.173 e. The molecule has 0 aromatic heterocycles. The predicted octanol–water partition coefficient (Wildman–Crippen LogP) is 2.73. The SMILES string of the molecule is COc1ccc2c(c1)C(=N)N(c1cccc3c1COO3)CN2. The minimum Gasteiger partial charge on any atom is -0.497 e. The van der Waals surface area contributed by atoms with Crippen LogP contribution < -0.4 is 19.8 Å². The van der Waals surface area contributed by atoms with E-state index >= 15 is 0 Å². The first-order valence-electron chi connectivity index (χ1n) is 6.97. The second-order valence-electron chi connectivity index (χ2n) is 5.12. The number of nitrogens with zero attached hydrogens (tertiary/aromatic N) is 1. The third-order valence-corrected chi connectivity index (χ3v) is 3.93. The van der Waals surface area contributed by atoms with Gasteiger partial charge >= 0.3 is 0 Å². The number of fused-ring (bicyclic) bond motifs is 2. The van der Waals surface area contributed by atoms with E-state index in [9.17, 15) is 0 Å². The highest BCUT2D eigenvalue weighted by molar-refractivity contribution is 6.13. The largest absolute Gasteiger partial charge is 0.497 e. The Morgan fingerprint density at radius 3 is 3.05 bits per heavy atom. The van der Waals surface area contributed by atoms with Crippen LogP contribution in [-0.2, 0) is 11.5 Å². The number of benzene rings is 2. The van der Waals surface area contributed by atoms with E-state index in [1.807, 2.05) is 41.3 Å². The van der Waals surface area contributed by atoms with Crippen molar-refractivity contribution in [1.82, 2.24) is 0 Å². The van der Waals surface area contributed by atoms with Crippen molar-refractivity contribution >= 4 is 17.2 Å². The van der Waals surface area contributed by atoms with Crippen molar-refractivity contribution in [2.75, 3.05) is 24.0 Å². The van der Waals surface area contributed by atoms with Gasteiger partial charge in [-0.2, -0.15) is 4.89 Å². The molecule has 2 aliphatic heterocycles. The Morgan fingerprint density at radius 2 is 2.18 bits per heavy atom. The van der Waals surface area contributed by atoms with Gasteiger partial charge in [-0.1, -0.05) is 6.07 Å². The first kappa shape index (κ1) is 13.0. The summed E-state index contributed by atoms with van der Waals surface area (Å²) in [7, 11) is 1.62. The zero-order valence-electron chi connectivity index (χ0n) is 12.1. The molecule has 0 radical (unpaired) electrons. The van der Waals surface area contributed by atoms with E-state index in [2.05, 4.69) is 5.32 Å². The van der Waals surface area contributed by atoms with Crippen molar-refractivity contribution in [2.45, 2.75) is 6.61 Å². The second-order valence-corrected chi connectivity index (χ2v) is 5.12. The number of hydrogen-bond donors (Lipinski definition) is 2. The van der Waals surface area contributed by atoms with Crippen LogP contribution in [0.2, 0.25) is 0 Å². The average molecular weight is 297 g/mol. The van der Waals surface area contributed by atoms with E-state index < -0.39 is 0 Å². The molecule has 4 rings (SSSR count). The molecule has 112 valence electrons. The first-order chi connectivity index (χ1) is 10.8. The molecule has 0 saturated carbocycles. The van der Waals surface area contributed by atoms with E-state index in [0.29, 0.717) is 24.9 Å². The van der Waals surface area contributed by atoms with Crippen molar-refractivity contribution in [2.24, 2.45) is 0 Å². The molecule has 22 heavy (non-hydrogen) atoms. The summed E-state index contributed by atoms with van der Waals surface area (Å²) in [6.45, 7) is 0.912. The topological polar surface area (TPSA) is 66.8 Å². The molecular weight excluding hydrogens is 282 g/mol. The van der Waals surface area contributed by atoms with Gasteiger partial charge < -0.3 is 19.8 Å². The Hall–Kier alpha value is -2.73. The number of anilines is 2. The fourth-order valence-corrected chi connectivity index (χ4v) is 2.78. The predicted molar refractivity (Wildman–Crippen MR) is 82.7 cm³/mol. The van der Waals surface area contributed by atoms with E-state index in [1.165, 1.54) is 0 Å². The average Bonchev–Trinajstić information content (AvgIpc) is 3.04. The number of nitrogens with one attached hydrogen (secondary N) is 2. The molecule has 0 atom stereocenters. The van der Waals surface area contributed by atoms with Gasteiger partial charge in [0.25, 0.3) is 0 Å². The Balaban J connectivity index is 1.76. The van der Waals surface area contributed by atoms with E-state index in [0.717, 1.165) is 28.3 Å². The molecule has 0 saturated heterocycles. The third kappa shape index (κ3) is 1.88. The van der Waals surface area contributed by atoms with Crippen LogP contribution in [0.4, 0.5) is 11.4 Å². The maximum absolute atomic E-state index is 8.55. The van der Waals surface area contributed by atoms with Gasteiger partial charge in [0, 0.05) is 11.3 Å². The molecule has 2 aromatic carbocycles. The van der Waals surface area contributed by atoms with Gasteiger partial charge in [0.2, 0.25) is 0 Å². The minimum atomic E-state index is 0.389. The number of methoxy groups -OCH3 is 1. The molecule has 6 heteroatoms. The molecule has 6 nitrogen and oxygen atoms in total. The highest BCUT2D eigenvalue weighted by Gasteiger charge is 2.27. The van der Waals surface area contributed by atoms with Crippen LogP contribution in [0.25, 0.3) is 0 Å². The minimum absolute atomic E-state index is 0.389. The molecular formula is C16H15N3O3. The van der Waals surface area contributed by atoms with Crippen molar-refractivity contribution < 1.29 is 14.5 Å². The standard InChI is InChI=1S/C16H15N3O3/c1-20-10-5-6-13-11(7-10)16(17)19(9-18-13)14-3-2-4-15-12(14)8-21-22-15/h2-7,17-18H,8-9H2,1H3. The molecule has 0 spiro atoms. The van der Waals surface area contributed by atoms with Gasteiger partial charge in [-0.25, -0.2) is 0 Å². The summed E-state index contributed by atoms with van der Waals surface area (Å²) in [4.78, 5) is 12.1. The molecule has 2 N–H and O–H groups in total. The highest BCUT2D eigenvalue weighted by Crippen LogP contribution is 2.37. The lowest BCUT2D eigenvalue weighted by Gasteiger charge is -2.33. The molecule has 0 fully saturated rings. The first-order valence-corrected chi connectivity index (χ1v) is 6.97. The molecule has 0 amide bonds. The molecule has 2 aliphatic rings. The number of ether oxygens (including phenoxy) is 1. The van der Waals surface area contributed by atoms with Crippen molar-refractivity contribution in [3.63, 3.8) is 0 Å². The van der Waals surface area contributed by atoms with Crippen LogP contribution in [0.15, 0.2) is 36.4 Å². The Morgan fingerprint density at radius 1 is 1.27 bits per heavy atom. The molecule has 0 bridgehead atoms. The smallest absolute Gasteiger partial charge is 0.173 e. The van der Waals surface area contributed by atoms with Gasteiger partial charge in [-0.15, -0.1) is 0 Å². The van der Waals surface area contributed by atoms with E-state index in [-0.39, 0.29) is 0 Å². The van der Waals surface area contributed by atoms with Crippen LogP contribution in [0, 0.1) is 5.41 Å². The summed E-state index contributed by atoms with van der Waals surface area (Å²) in [5.41, 5.74) is 3.62. The Labute approximate surface area is 127 Å². The monoisotopic (exact) mass is 297 g/mol. The summed E-state index contributed by atoms with van der Waals surface area (Å²) in [5, 5.41) is 11.9. The van der Waals surface area contributed by atoms with Crippen LogP contribution in [-0.4, -0.2) is 19.6 Å². The molecule has 2 aromatic rings. The highest BCUT2D eigenvalue weighted by atomic mass is 17.2. The third-order valence-electron chi connectivity index (χ3n) is 3.93. The maximum atomic E-state index is 8.55. The number of amidine groups is 1. The van der Waals surface area contributed by atoms with Crippen LogP contribution in [0.3, 0.4) is 0 Å². The molecule has 2 heterocycles. The van der Waals surface area contributed by atoms with Crippen LogP contribution >= 0.6 is 0 Å². The lowest BCUT2D eigenvalue weighted by Crippen LogP contribution is -2.40. The second kappa shape index (κ2) is 4.92. The van der Waals surface area contributed by atoms with E-state index in [4.69, 9.17) is 19.9 Å². The Kier molecular flexibility index (Phi) is 2.90. The summed E-state index contributed by atoms with van der Waals surface area (Å²) < 4.78 is 5.26. The van der Waals surface area contributed by atoms with Crippen LogP contribution in [0.5, 0.6) is 11.5 Å². The van der Waals surface area contributed by atoms with Crippen molar-refractivity contribution in [1.29, 1.82) is 5.41 Å². The summed E-state index contributed by atoms with van der Waals surface area (Å²) in [5.74, 6) is 1.87. The molecule has 0 aliphatic carbocycles. The normalized spacial score (nSPS) is 15.7. The summed E-state index contributed by atoms with van der Waals surface area (Å²) in [6.07, 6.45) is 0. The fraction of sp³-hybridized carbons (Fsp3) is 0.188. The van der Waals surface area contributed by atoms with Gasteiger partial charge in [0.15, 0.2) is 5.75 Å². The van der Waals surface area contributed by atoms with E-state index in [1.54, 1.807) is 7.11 Å². The quantitative estimate of drug-likeness (QED) is 0.834. The summed E-state index contributed by atoms with van der Waals surface area (Å²) >= 11 is 0. The van der Waals surface area contributed by atoms with Crippen molar-refractivity contribution in [3.05, 3.63) is 47.5 Å². The zero-order chi connectivity index (χ0) is 15.1. The Bertz CT molecular complexity index is 760. The summed E-state index contributed by atoms with van der Waals surface area (Å²) in [6, 6.07) is 11.4. The zero-order valence-corrected chi connectivity index (χ0v) is 12.1. The van der Waals surface area contributed by atoms with Gasteiger partial charge in [-0.05, 0) is 30.3 Å². The molecule has 0 unspecified atom stereocenters. The van der Waals surface area contributed by atoms with Crippen molar-refractivity contribution in [3.8, 4) is 11.5 Å². The van der Waals surface area contributed by atoms with Gasteiger partial charge in [0.05, 0.1) is 25.0 Å². The lowest BCUT2D eigenvalue weighted by atomic mass is 10.1. The van der Waals surface area contributed by atoms with Crippen LogP contribution in [0.1, 0.15) is 11.1 Å².